The van der Waals surface area contributed by atoms with Crippen LogP contribution in [-0.2, 0) is 20.9 Å². The van der Waals surface area contributed by atoms with Crippen LogP contribution in [0.3, 0.4) is 0 Å². The van der Waals surface area contributed by atoms with E-state index < -0.39 is 5.25 Å². The van der Waals surface area contributed by atoms with E-state index in [-0.39, 0.29) is 11.8 Å². The Hall–Kier alpha value is -2.22. The van der Waals surface area contributed by atoms with Gasteiger partial charge in [-0.3, -0.25) is 15.0 Å². The van der Waals surface area contributed by atoms with Gasteiger partial charge in [0.15, 0.2) is 5.25 Å². The number of thioether (sulfide) groups is 1. The summed E-state index contributed by atoms with van der Waals surface area (Å²) in [7, 11) is 0. The maximum atomic E-state index is 12.7. The molecule has 0 spiro atoms. The molecule has 4 rings (SSSR count). The average molecular weight is 418 g/mol. The van der Waals surface area contributed by atoms with Crippen molar-refractivity contribution in [3.8, 4) is 0 Å². The molecule has 0 radical (unpaired) electrons. The van der Waals surface area contributed by atoms with Crippen molar-refractivity contribution in [2.45, 2.75) is 16.7 Å². The summed E-state index contributed by atoms with van der Waals surface area (Å²) in [5.41, 5.74) is 4.76. The standard InChI is InChI=1S/C20H20ClN3O3S/c21-16-3-1-2-4-17(16)28-18-19(25)22-24(20(18)26)13-14-5-7-15(8-6-14)23-9-11-27-12-10-23/h1-8,18H,9-13H2,(H,22,25). The molecule has 2 aromatic rings. The molecule has 146 valence electrons. The molecule has 1 N–H and O–H groups in total. The lowest BCUT2D eigenvalue weighted by Crippen LogP contribution is -2.36. The van der Waals surface area contributed by atoms with Crippen molar-refractivity contribution >= 4 is 40.9 Å². The van der Waals surface area contributed by atoms with Gasteiger partial charge in [-0.1, -0.05) is 35.9 Å². The summed E-state index contributed by atoms with van der Waals surface area (Å²) >= 11 is 7.33. The van der Waals surface area contributed by atoms with Gasteiger partial charge < -0.3 is 9.64 Å². The Kier molecular flexibility index (Phi) is 5.75. The van der Waals surface area contributed by atoms with E-state index in [1.54, 1.807) is 12.1 Å². The van der Waals surface area contributed by atoms with Crippen molar-refractivity contribution < 1.29 is 14.3 Å². The van der Waals surface area contributed by atoms with Crippen LogP contribution in [0.4, 0.5) is 5.69 Å². The molecule has 2 aliphatic rings. The number of carbonyl (C=O) groups is 2. The third-order valence-corrected chi connectivity index (χ3v) is 6.41. The molecule has 6 nitrogen and oxygen atoms in total. The van der Waals surface area contributed by atoms with Gasteiger partial charge in [-0.15, -0.1) is 11.8 Å². The normalized spacial score (nSPS) is 19.8. The highest BCUT2D eigenvalue weighted by Gasteiger charge is 2.40. The van der Waals surface area contributed by atoms with Gasteiger partial charge in [0.05, 0.1) is 24.8 Å². The lowest BCUT2D eigenvalue weighted by Gasteiger charge is -2.29. The SMILES string of the molecule is O=C1NN(Cc2ccc(N3CCOCC3)cc2)C(=O)C1Sc1ccccc1Cl. The fourth-order valence-electron chi connectivity index (χ4n) is 3.21. The Morgan fingerprint density at radius 2 is 1.79 bits per heavy atom. The molecular formula is C20H20ClN3O3S. The first-order valence-electron chi connectivity index (χ1n) is 9.06. The van der Waals surface area contributed by atoms with Crippen molar-refractivity contribution in [1.29, 1.82) is 0 Å². The predicted octanol–water partition coefficient (Wildman–Crippen LogP) is 2.71. The molecular weight excluding hydrogens is 398 g/mol. The minimum atomic E-state index is -0.826. The summed E-state index contributed by atoms with van der Waals surface area (Å²) in [5, 5.41) is 1.08. The first-order valence-corrected chi connectivity index (χ1v) is 10.3. The Balaban J connectivity index is 1.40. The van der Waals surface area contributed by atoms with Crippen molar-refractivity contribution in [1.82, 2.24) is 10.4 Å². The van der Waals surface area contributed by atoms with E-state index in [0.717, 1.165) is 42.4 Å². The van der Waals surface area contributed by atoms with Crippen LogP contribution in [0.15, 0.2) is 53.4 Å². The van der Waals surface area contributed by atoms with E-state index >= 15 is 0 Å². The monoisotopic (exact) mass is 417 g/mol. The molecule has 2 aliphatic heterocycles. The number of halogens is 1. The minimum absolute atomic E-state index is 0.257. The number of nitrogens with one attached hydrogen (secondary N) is 1. The number of morpholine rings is 1. The quantitative estimate of drug-likeness (QED) is 0.758. The number of hydrogen-bond acceptors (Lipinski definition) is 5. The van der Waals surface area contributed by atoms with Crippen molar-refractivity contribution in [2.24, 2.45) is 0 Å². The zero-order valence-corrected chi connectivity index (χ0v) is 16.7. The van der Waals surface area contributed by atoms with E-state index in [4.69, 9.17) is 16.3 Å². The molecule has 2 heterocycles. The summed E-state index contributed by atoms with van der Waals surface area (Å²) in [4.78, 5) is 28.0. The number of anilines is 1. The van der Waals surface area contributed by atoms with Crippen molar-refractivity contribution in [3.05, 3.63) is 59.1 Å². The van der Waals surface area contributed by atoms with Gasteiger partial charge in [0.2, 0.25) is 0 Å². The van der Waals surface area contributed by atoms with Crippen LogP contribution in [0.25, 0.3) is 0 Å². The molecule has 8 heteroatoms. The predicted molar refractivity (Wildman–Crippen MR) is 109 cm³/mol. The molecule has 2 aromatic carbocycles. The Morgan fingerprint density at radius 1 is 1.07 bits per heavy atom. The van der Waals surface area contributed by atoms with Crippen molar-refractivity contribution in [3.63, 3.8) is 0 Å². The molecule has 28 heavy (non-hydrogen) atoms. The summed E-state index contributed by atoms with van der Waals surface area (Å²) in [6, 6.07) is 15.3. The zero-order chi connectivity index (χ0) is 19.5. The maximum absolute atomic E-state index is 12.7. The smallest absolute Gasteiger partial charge is 0.264 e. The Bertz CT molecular complexity index is 871. The topological polar surface area (TPSA) is 61.9 Å². The number of ether oxygens (including phenoxy) is 1. The van der Waals surface area contributed by atoms with Crippen LogP contribution < -0.4 is 10.3 Å². The fourth-order valence-corrected chi connectivity index (χ4v) is 4.45. The number of hydrazine groups is 1. The second-order valence-electron chi connectivity index (χ2n) is 6.59. The van der Waals surface area contributed by atoms with Gasteiger partial charge >= 0.3 is 0 Å². The van der Waals surface area contributed by atoms with Crippen molar-refractivity contribution in [2.75, 3.05) is 31.2 Å². The molecule has 1 atom stereocenters. The molecule has 0 bridgehead atoms. The summed E-state index contributed by atoms with van der Waals surface area (Å²) in [6.07, 6.45) is 0. The molecule has 2 saturated heterocycles. The van der Waals surface area contributed by atoms with E-state index in [1.807, 2.05) is 36.4 Å². The van der Waals surface area contributed by atoms with Gasteiger partial charge in [0.1, 0.15) is 0 Å². The van der Waals surface area contributed by atoms with Gasteiger partial charge in [0.25, 0.3) is 11.8 Å². The number of nitrogens with zero attached hydrogens (tertiary/aromatic N) is 2. The van der Waals surface area contributed by atoms with Crippen LogP contribution >= 0.6 is 23.4 Å². The molecule has 0 aromatic heterocycles. The third-order valence-electron chi connectivity index (χ3n) is 4.71. The highest BCUT2D eigenvalue weighted by molar-refractivity contribution is 8.01. The van der Waals surface area contributed by atoms with Gasteiger partial charge in [-0.25, -0.2) is 5.01 Å². The average Bonchev–Trinajstić information content (AvgIpc) is 2.98. The van der Waals surface area contributed by atoms with Gasteiger partial charge in [-0.2, -0.15) is 0 Å². The number of hydrogen-bond donors (Lipinski definition) is 1. The minimum Gasteiger partial charge on any atom is -0.378 e. The van der Waals surface area contributed by atoms with Crippen LogP contribution in [0.2, 0.25) is 5.02 Å². The zero-order valence-electron chi connectivity index (χ0n) is 15.1. The van der Waals surface area contributed by atoms with Crippen LogP contribution in [0.1, 0.15) is 5.56 Å². The number of amides is 2. The molecule has 1 unspecified atom stereocenters. The first kappa shape index (κ1) is 19.1. The van der Waals surface area contributed by atoms with E-state index in [1.165, 1.54) is 16.8 Å². The second kappa shape index (κ2) is 8.43. The first-order chi connectivity index (χ1) is 13.6. The maximum Gasteiger partial charge on any atom is 0.264 e. The van der Waals surface area contributed by atoms with Crippen LogP contribution in [0.5, 0.6) is 0 Å². The summed E-state index contributed by atoms with van der Waals surface area (Å²) in [6.45, 7) is 3.55. The molecule has 0 saturated carbocycles. The van der Waals surface area contributed by atoms with E-state index in [9.17, 15) is 9.59 Å². The van der Waals surface area contributed by atoms with E-state index in [0.29, 0.717) is 11.6 Å². The fraction of sp³-hybridized carbons (Fsp3) is 0.300. The lowest BCUT2D eigenvalue weighted by atomic mass is 10.2. The largest absolute Gasteiger partial charge is 0.378 e. The highest BCUT2D eigenvalue weighted by atomic mass is 35.5. The Morgan fingerprint density at radius 3 is 2.50 bits per heavy atom. The van der Waals surface area contributed by atoms with Crippen LogP contribution in [-0.4, -0.2) is 48.4 Å². The number of rotatable bonds is 5. The van der Waals surface area contributed by atoms with Gasteiger partial charge in [-0.05, 0) is 29.8 Å². The molecule has 2 fully saturated rings. The van der Waals surface area contributed by atoms with Crippen LogP contribution in [0, 0.1) is 0 Å². The van der Waals surface area contributed by atoms with Gasteiger partial charge in [0, 0.05) is 23.7 Å². The third kappa shape index (κ3) is 4.11. The van der Waals surface area contributed by atoms with E-state index in [2.05, 4.69) is 10.3 Å². The second-order valence-corrected chi connectivity index (χ2v) is 8.15. The summed E-state index contributed by atoms with van der Waals surface area (Å²) < 4.78 is 5.38. The number of carbonyl (C=O) groups excluding carboxylic acids is 2. The molecule has 2 amide bonds. The highest BCUT2D eigenvalue weighted by Crippen LogP contribution is 2.33. The number of benzene rings is 2. The Labute approximate surface area is 172 Å². The summed E-state index contributed by atoms with van der Waals surface area (Å²) in [5.74, 6) is -0.577. The molecule has 0 aliphatic carbocycles. The lowest BCUT2D eigenvalue weighted by molar-refractivity contribution is -0.130.